The maximum absolute atomic E-state index is 10.3. The van der Waals surface area contributed by atoms with E-state index in [-0.39, 0.29) is 26.1 Å². The van der Waals surface area contributed by atoms with Crippen LogP contribution in [0.4, 0.5) is 0 Å². The predicted octanol–water partition coefficient (Wildman–Crippen LogP) is 0.152. The molecular formula is C30H58O17. The van der Waals surface area contributed by atoms with Gasteiger partial charge in [-0.15, -0.1) is 0 Å². The molecule has 0 amide bonds. The molecule has 0 aliphatic heterocycles. The minimum Gasteiger partial charge on any atom is -0.481 e. The Balaban J connectivity index is 3.05. The molecule has 0 fully saturated rings. The van der Waals surface area contributed by atoms with Crippen molar-refractivity contribution >= 4 is 11.9 Å². The molecule has 0 aliphatic rings. The van der Waals surface area contributed by atoms with Gasteiger partial charge in [-0.2, -0.15) is 0 Å². The van der Waals surface area contributed by atoms with Gasteiger partial charge in [0.05, 0.1) is 185 Å². The van der Waals surface area contributed by atoms with Gasteiger partial charge in [0.2, 0.25) is 0 Å². The molecule has 0 aromatic heterocycles. The first-order valence-electron chi connectivity index (χ1n) is 16.1. The first kappa shape index (κ1) is 45.4. The van der Waals surface area contributed by atoms with Crippen LogP contribution in [0.25, 0.3) is 0 Å². The third-order valence-corrected chi connectivity index (χ3v) is 5.38. The number of hydrogen-bond acceptors (Lipinski definition) is 15. The van der Waals surface area contributed by atoms with Crippen molar-refractivity contribution in [3.05, 3.63) is 0 Å². The van der Waals surface area contributed by atoms with Gasteiger partial charge >= 0.3 is 11.9 Å². The van der Waals surface area contributed by atoms with E-state index in [1.807, 2.05) is 0 Å². The van der Waals surface area contributed by atoms with Gasteiger partial charge in [0.15, 0.2) is 0 Å². The van der Waals surface area contributed by atoms with Gasteiger partial charge in [-0.1, -0.05) is 0 Å². The number of carboxylic acid groups (broad SMARTS) is 2. The molecule has 17 nitrogen and oxygen atoms in total. The van der Waals surface area contributed by atoms with Crippen molar-refractivity contribution in [1.82, 2.24) is 0 Å². The summed E-state index contributed by atoms with van der Waals surface area (Å²) in [5, 5.41) is 17.0. The molecule has 0 saturated heterocycles. The number of carbonyl (C=O) groups is 2. The lowest BCUT2D eigenvalue weighted by atomic mass is 10.5. The fourth-order valence-corrected chi connectivity index (χ4v) is 3.06. The Morgan fingerprint density at radius 2 is 0.340 bits per heavy atom. The molecule has 280 valence electrons. The van der Waals surface area contributed by atoms with Gasteiger partial charge in [-0.3, -0.25) is 9.59 Å². The van der Waals surface area contributed by atoms with E-state index in [0.29, 0.717) is 159 Å². The van der Waals surface area contributed by atoms with Gasteiger partial charge < -0.3 is 71.8 Å². The van der Waals surface area contributed by atoms with Crippen molar-refractivity contribution in [2.45, 2.75) is 12.8 Å². The summed E-state index contributed by atoms with van der Waals surface area (Å²) in [7, 11) is 0. The number of hydrogen-bond donors (Lipinski definition) is 2. The highest BCUT2D eigenvalue weighted by atomic mass is 16.6. The van der Waals surface area contributed by atoms with Crippen LogP contribution in [0, 0.1) is 0 Å². The summed E-state index contributed by atoms with van der Waals surface area (Å²) in [6, 6.07) is 0. The largest absolute Gasteiger partial charge is 0.481 e. The van der Waals surface area contributed by atoms with Gasteiger partial charge in [-0.25, -0.2) is 0 Å². The number of aliphatic carboxylic acids is 2. The molecule has 0 bridgehead atoms. The molecule has 0 aromatic rings. The Labute approximate surface area is 278 Å². The molecule has 47 heavy (non-hydrogen) atoms. The molecule has 17 heteroatoms. The number of rotatable bonds is 42. The monoisotopic (exact) mass is 690 g/mol. The van der Waals surface area contributed by atoms with Crippen LogP contribution in [0.15, 0.2) is 0 Å². The van der Waals surface area contributed by atoms with Crippen LogP contribution in [-0.4, -0.2) is 194 Å². The van der Waals surface area contributed by atoms with Crippen molar-refractivity contribution in [2.24, 2.45) is 0 Å². The summed E-state index contributed by atoms with van der Waals surface area (Å²) in [5.74, 6) is -1.76. The van der Waals surface area contributed by atoms with E-state index in [1.165, 1.54) is 0 Å². The van der Waals surface area contributed by atoms with Crippen molar-refractivity contribution in [3.8, 4) is 0 Å². The van der Waals surface area contributed by atoms with Crippen molar-refractivity contribution in [3.63, 3.8) is 0 Å². The SMILES string of the molecule is O=C(O)CCOCCOCCOCCOCCOCCOCCOCCOCCOCCOCCOCCOCCOCCC(=O)O. The third-order valence-electron chi connectivity index (χ3n) is 5.38. The summed E-state index contributed by atoms with van der Waals surface area (Å²) in [6.07, 6.45) is -0.0147. The van der Waals surface area contributed by atoms with Gasteiger partial charge in [0.25, 0.3) is 0 Å². The van der Waals surface area contributed by atoms with E-state index >= 15 is 0 Å². The Morgan fingerprint density at radius 3 is 0.447 bits per heavy atom. The van der Waals surface area contributed by atoms with Crippen LogP contribution in [0.2, 0.25) is 0 Å². The molecular weight excluding hydrogens is 632 g/mol. The predicted molar refractivity (Wildman–Crippen MR) is 165 cm³/mol. The van der Waals surface area contributed by atoms with Gasteiger partial charge in [-0.05, 0) is 0 Å². The molecule has 0 rings (SSSR count). The molecule has 0 spiro atoms. The maximum atomic E-state index is 10.3. The highest BCUT2D eigenvalue weighted by molar-refractivity contribution is 5.67. The molecule has 0 atom stereocenters. The topological polar surface area (TPSA) is 195 Å². The molecule has 0 aliphatic carbocycles. The van der Waals surface area contributed by atoms with E-state index < -0.39 is 11.9 Å². The average Bonchev–Trinajstić information content (AvgIpc) is 3.05. The average molecular weight is 691 g/mol. The number of ether oxygens (including phenoxy) is 13. The van der Waals surface area contributed by atoms with Crippen molar-refractivity contribution in [2.75, 3.05) is 172 Å². The van der Waals surface area contributed by atoms with E-state index in [9.17, 15) is 9.59 Å². The van der Waals surface area contributed by atoms with Crippen LogP contribution < -0.4 is 0 Å². The molecule has 0 saturated carbocycles. The molecule has 2 N–H and O–H groups in total. The van der Waals surface area contributed by atoms with E-state index in [4.69, 9.17) is 71.8 Å². The minimum atomic E-state index is -0.879. The zero-order valence-corrected chi connectivity index (χ0v) is 27.8. The maximum Gasteiger partial charge on any atom is 0.305 e. The normalized spacial score (nSPS) is 11.4. The third kappa shape index (κ3) is 44.4. The summed E-state index contributed by atoms with van der Waals surface area (Å²) >= 11 is 0. The van der Waals surface area contributed by atoms with Crippen LogP contribution in [0.5, 0.6) is 0 Å². The first-order valence-corrected chi connectivity index (χ1v) is 16.1. The van der Waals surface area contributed by atoms with Gasteiger partial charge in [0, 0.05) is 0 Å². The Kier molecular flexibility index (Phi) is 39.2. The number of carboxylic acids is 2. The van der Waals surface area contributed by atoms with Gasteiger partial charge in [0.1, 0.15) is 0 Å². The second-order valence-corrected chi connectivity index (χ2v) is 9.25. The highest BCUT2D eigenvalue weighted by Gasteiger charge is 1.99. The lowest BCUT2D eigenvalue weighted by Crippen LogP contribution is -2.15. The fourth-order valence-electron chi connectivity index (χ4n) is 3.06. The summed E-state index contributed by atoms with van der Waals surface area (Å²) < 4.78 is 69.7. The molecule has 0 unspecified atom stereocenters. The lowest BCUT2D eigenvalue weighted by Gasteiger charge is -2.09. The van der Waals surface area contributed by atoms with E-state index in [1.54, 1.807) is 0 Å². The highest BCUT2D eigenvalue weighted by Crippen LogP contribution is 1.89. The Hall–Kier alpha value is -1.58. The van der Waals surface area contributed by atoms with E-state index in [2.05, 4.69) is 0 Å². The fraction of sp³-hybridized carbons (Fsp3) is 0.933. The summed E-state index contributed by atoms with van der Waals surface area (Å²) in [4.78, 5) is 20.7. The minimum absolute atomic E-state index is 0.00737. The van der Waals surface area contributed by atoms with Crippen LogP contribution >= 0.6 is 0 Å². The smallest absolute Gasteiger partial charge is 0.305 e. The summed E-state index contributed by atoms with van der Waals surface area (Å²) in [6.45, 7) is 11.3. The van der Waals surface area contributed by atoms with Crippen molar-refractivity contribution < 1.29 is 81.4 Å². The molecule has 0 aromatic carbocycles. The Bertz CT molecular complexity index is 592. The Morgan fingerprint density at radius 1 is 0.234 bits per heavy atom. The molecule has 0 radical (unpaired) electrons. The second kappa shape index (κ2) is 40.6. The van der Waals surface area contributed by atoms with E-state index in [0.717, 1.165) is 0 Å². The van der Waals surface area contributed by atoms with Crippen LogP contribution in [-0.2, 0) is 71.2 Å². The zero-order valence-electron chi connectivity index (χ0n) is 27.8. The first-order chi connectivity index (χ1) is 23.1. The molecule has 0 heterocycles. The zero-order chi connectivity index (χ0) is 34.1. The second-order valence-electron chi connectivity index (χ2n) is 9.25. The standard InChI is InChI=1S/C30H58O17/c31-29(32)1-3-35-5-7-37-9-11-39-13-15-41-17-19-43-21-23-45-25-27-47-28-26-46-24-22-44-20-18-42-16-14-40-12-10-38-8-6-36-4-2-30(33)34/h1-28H2,(H,31,32)(H,33,34). The quantitative estimate of drug-likeness (QED) is 0.0821. The summed E-state index contributed by atoms with van der Waals surface area (Å²) in [5.41, 5.74) is 0. The van der Waals surface area contributed by atoms with Crippen LogP contribution in [0.1, 0.15) is 12.8 Å². The van der Waals surface area contributed by atoms with Crippen LogP contribution in [0.3, 0.4) is 0 Å². The lowest BCUT2D eigenvalue weighted by molar-refractivity contribution is -0.139. The van der Waals surface area contributed by atoms with Crippen molar-refractivity contribution in [1.29, 1.82) is 0 Å².